The lowest BCUT2D eigenvalue weighted by molar-refractivity contribution is -0.117. The summed E-state index contributed by atoms with van der Waals surface area (Å²) < 4.78 is 0. The van der Waals surface area contributed by atoms with Gasteiger partial charge >= 0.3 is 0 Å². The van der Waals surface area contributed by atoms with E-state index >= 15 is 0 Å². The number of amides is 1. The Labute approximate surface area is 120 Å². The average molecular weight is 268 g/mol. The Bertz CT molecular complexity index is 573. The van der Waals surface area contributed by atoms with Gasteiger partial charge in [-0.15, -0.1) is 0 Å². The zero-order chi connectivity index (χ0) is 14.5. The van der Waals surface area contributed by atoms with Gasteiger partial charge in [-0.2, -0.15) is 0 Å². The topological polar surface area (TPSA) is 46.3 Å². The molecule has 0 fully saturated rings. The van der Waals surface area contributed by atoms with Gasteiger partial charge in [-0.25, -0.2) is 0 Å². The van der Waals surface area contributed by atoms with Gasteiger partial charge in [0.05, 0.1) is 13.1 Å². The van der Waals surface area contributed by atoms with Gasteiger partial charge in [0, 0.05) is 5.69 Å². The number of rotatable bonds is 4. The van der Waals surface area contributed by atoms with Crippen LogP contribution in [0.1, 0.15) is 16.7 Å². The van der Waals surface area contributed by atoms with Gasteiger partial charge in [-0.1, -0.05) is 36.4 Å². The first-order valence-electron chi connectivity index (χ1n) is 6.73. The highest BCUT2D eigenvalue weighted by molar-refractivity contribution is 5.94. The highest BCUT2D eigenvalue weighted by Gasteiger charge is 2.15. The van der Waals surface area contributed by atoms with E-state index in [1.54, 1.807) is 4.90 Å². The highest BCUT2D eigenvalue weighted by Crippen LogP contribution is 2.21. The lowest BCUT2D eigenvalue weighted by atomic mass is 10.1. The fraction of sp³-hybridized carbons (Fsp3) is 0.235. The lowest BCUT2D eigenvalue weighted by Crippen LogP contribution is -2.35. The minimum absolute atomic E-state index is 0.0137. The number of nitrogens with two attached hydrogens (primary N) is 1. The van der Waals surface area contributed by atoms with E-state index in [1.165, 1.54) is 0 Å². The number of hydrogen-bond donors (Lipinski definition) is 1. The molecule has 3 nitrogen and oxygen atoms in total. The molecule has 0 radical (unpaired) electrons. The van der Waals surface area contributed by atoms with Gasteiger partial charge in [0.15, 0.2) is 0 Å². The summed E-state index contributed by atoms with van der Waals surface area (Å²) in [7, 11) is 0. The molecule has 0 aliphatic rings. The maximum absolute atomic E-state index is 12.1. The highest BCUT2D eigenvalue weighted by atomic mass is 16.2. The van der Waals surface area contributed by atoms with Crippen LogP contribution in [0.5, 0.6) is 0 Å². The summed E-state index contributed by atoms with van der Waals surface area (Å²) in [5, 5.41) is 0. The van der Waals surface area contributed by atoms with Crippen LogP contribution in [0.15, 0.2) is 48.5 Å². The Morgan fingerprint density at radius 1 is 1.05 bits per heavy atom. The van der Waals surface area contributed by atoms with E-state index in [0.717, 1.165) is 22.4 Å². The van der Waals surface area contributed by atoms with Crippen LogP contribution in [0, 0.1) is 13.8 Å². The van der Waals surface area contributed by atoms with Crippen molar-refractivity contribution in [1.82, 2.24) is 0 Å². The molecule has 0 atom stereocenters. The second-order valence-electron chi connectivity index (χ2n) is 5.02. The number of carbonyl (C=O) groups excluding carboxylic acids is 1. The molecule has 2 aromatic rings. The predicted molar refractivity (Wildman–Crippen MR) is 82.6 cm³/mol. The summed E-state index contributed by atoms with van der Waals surface area (Å²) in [5.74, 6) is -0.0705. The molecule has 2 N–H and O–H groups in total. The fourth-order valence-electron chi connectivity index (χ4n) is 2.31. The van der Waals surface area contributed by atoms with Crippen LogP contribution in [-0.2, 0) is 11.3 Å². The van der Waals surface area contributed by atoms with Crippen molar-refractivity contribution in [3.63, 3.8) is 0 Å². The molecule has 0 heterocycles. The van der Waals surface area contributed by atoms with Crippen molar-refractivity contribution >= 4 is 11.6 Å². The maximum Gasteiger partial charge on any atom is 0.241 e. The van der Waals surface area contributed by atoms with Crippen molar-refractivity contribution in [1.29, 1.82) is 0 Å². The minimum atomic E-state index is -0.0705. The average Bonchev–Trinajstić information content (AvgIpc) is 2.44. The number of nitrogens with zero attached hydrogens (tertiary/aromatic N) is 1. The van der Waals surface area contributed by atoms with E-state index in [-0.39, 0.29) is 12.5 Å². The van der Waals surface area contributed by atoms with Crippen molar-refractivity contribution < 1.29 is 4.79 Å². The fourth-order valence-corrected chi connectivity index (χ4v) is 2.31. The quantitative estimate of drug-likeness (QED) is 0.926. The molecule has 1 amide bonds. The van der Waals surface area contributed by atoms with Gasteiger partial charge in [-0.05, 0) is 42.7 Å². The van der Waals surface area contributed by atoms with Crippen molar-refractivity contribution in [2.45, 2.75) is 20.4 Å². The Morgan fingerprint density at radius 3 is 2.20 bits per heavy atom. The summed E-state index contributed by atoms with van der Waals surface area (Å²) in [4.78, 5) is 13.9. The SMILES string of the molecule is Cc1cc(C)cc(N(Cc2ccccc2)C(=O)CN)c1. The Hall–Kier alpha value is -2.13. The maximum atomic E-state index is 12.1. The van der Waals surface area contributed by atoms with Gasteiger partial charge in [0.1, 0.15) is 0 Å². The van der Waals surface area contributed by atoms with E-state index in [0.29, 0.717) is 6.54 Å². The van der Waals surface area contributed by atoms with Crippen molar-refractivity contribution in [3.8, 4) is 0 Å². The molecule has 0 bridgehead atoms. The molecule has 2 rings (SSSR count). The molecular formula is C17H20N2O. The zero-order valence-corrected chi connectivity index (χ0v) is 12.0. The normalized spacial score (nSPS) is 10.3. The molecular weight excluding hydrogens is 248 g/mol. The van der Waals surface area contributed by atoms with Gasteiger partial charge < -0.3 is 10.6 Å². The first kappa shape index (κ1) is 14.3. The smallest absolute Gasteiger partial charge is 0.241 e. The molecule has 0 saturated carbocycles. The number of carbonyl (C=O) groups is 1. The van der Waals surface area contributed by atoms with E-state index in [1.807, 2.05) is 56.3 Å². The second kappa shape index (κ2) is 6.35. The predicted octanol–water partition coefficient (Wildman–Crippen LogP) is 2.80. The van der Waals surface area contributed by atoms with Crippen LogP contribution in [0.2, 0.25) is 0 Å². The van der Waals surface area contributed by atoms with Crippen molar-refractivity contribution in [3.05, 3.63) is 65.2 Å². The van der Waals surface area contributed by atoms with Crippen LogP contribution >= 0.6 is 0 Å². The van der Waals surface area contributed by atoms with E-state index in [4.69, 9.17) is 5.73 Å². The Morgan fingerprint density at radius 2 is 1.65 bits per heavy atom. The van der Waals surface area contributed by atoms with E-state index < -0.39 is 0 Å². The standard InChI is InChI=1S/C17H20N2O/c1-13-8-14(2)10-16(9-13)19(17(20)11-18)12-15-6-4-3-5-7-15/h3-10H,11-12,18H2,1-2H3. The van der Waals surface area contributed by atoms with Gasteiger partial charge in [-0.3, -0.25) is 4.79 Å². The van der Waals surface area contributed by atoms with Crippen LogP contribution in [0.3, 0.4) is 0 Å². The van der Waals surface area contributed by atoms with E-state index in [9.17, 15) is 4.79 Å². The summed E-state index contributed by atoms with van der Waals surface area (Å²) >= 11 is 0. The summed E-state index contributed by atoms with van der Waals surface area (Å²) in [6.45, 7) is 4.62. The lowest BCUT2D eigenvalue weighted by Gasteiger charge is -2.23. The molecule has 0 unspecified atom stereocenters. The molecule has 0 saturated heterocycles. The molecule has 104 valence electrons. The monoisotopic (exact) mass is 268 g/mol. The van der Waals surface area contributed by atoms with Crippen LogP contribution in [-0.4, -0.2) is 12.5 Å². The van der Waals surface area contributed by atoms with E-state index in [2.05, 4.69) is 6.07 Å². The van der Waals surface area contributed by atoms with Crippen molar-refractivity contribution in [2.24, 2.45) is 5.73 Å². The zero-order valence-electron chi connectivity index (χ0n) is 12.0. The van der Waals surface area contributed by atoms with Crippen LogP contribution < -0.4 is 10.6 Å². The first-order chi connectivity index (χ1) is 9.60. The van der Waals surface area contributed by atoms with Crippen LogP contribution in [0.25, 0.3) is 0 Å². The van der Waals surface area contributed by atoms with Crippen molar-refractivity contribution in [2.75, 3.05) is 11.4 Å². The Kier molecular flexibility index (Phi) is 4.53. The minimum Gasteiger partial charge on any atom is -0.322 e. The Balaban J connectivity index is 2.34. The third-order valence-corrected chi connectivity index (χ3v) is 3.18. The largest absolute Gasteiger partial charge is 0.322 e. The number of aryl methyl sites for hydroxylation is 2. The molecule has 0 aromatic heterocycles. The van der Waals surface area contributed by atoms with Gasteiger partial charge in [0.2, 0.25) is 5.91 Å². The first-order valence-corrected chi connectivity index (χ1v) is 6.73. The second-order valence-corrected chi connectivity index (χ2v) is 5.02. The molecule has 20 heavy (non-hydrogen) atoms. The number of anilines is 1. The third-order valence-electron chi connectivity index (χ3n) is 3.18. The number of hydrogen-bond acceptors (Lipinski definition) is 2. The summed E-state index contributed by atoms with van der Waals surface area (Å²) in [6, 6.07) is 16.1. The third kappa shape index (κ3) is 3.45. The molecule has 0 aliphatic heterocycles. The molecule has 3 heteroatoms. The summed E-state index contributed by atoms with van der Waals surface area (Å²) in [5.41, 5.74) is 9.83. The number of benzene rings is 2. The molecule has 0 aliphatic carbocycles. The molecule has 0 spiro atoms. The van der Waals surface area contributed by atoms with Crippen LogP contribution in [0.4, 0.5) is 5.69 Å². The molecule has 2 aromatic carbocycles. The van der Waals surface area contributed by atoms with Gasteiger partial charge in [0.25, 0.3) is 0 Å². The summed E-state index contributed by atoms with van der Waals surface area (Å²) in [6.07, 6.45) is 0.